The third-order valence-corrected chi connectivity index (χ3v) is 2.79. The molecule has 0 atom stereocenters. The molecule has 3 aromatic rings. The van der Waals surface area contributed by atoms with Crippen molar-refractivity contribution in [3.8, 4) is 5.75 Å². The molecule has 0 fully saturated rings. The molecular formula is C14H13FN4O. The number of halogens is 1. The van der Waals surface area contributed by atoms with Gasteiger partial charge in [0.15, 0.2) is 11.5 Å². The van der Waals surface area contributed by atoms with Gasteiger partial charge in [-0.3, -0.25) is 0 Å². The molecule has 6 heteroatoms. The van der Waals surface area contributed by atoms with Crippen LogP contribution in [0.3, 0.4) is 0 Å². The average Bonchev–Trinajstić information content (AvgIpc) is 2.94. The van der Waals surface area contributed by atoms with Gasteiger partial charge >= 0.3 is 0 Å². The maximum atomic E-state index is 12.7. The first-order valence-corrected chi connectivity index (χ1v) is 6.23. The summed E-state index contributed by atoms with van der Waals surface area (Å²) < 4.78 is 20.1. The number of rotatable bonds is 5. The third-order valence-electron chi connectivity index (χ3n) is 2.79. The highest BCUT2D eigenvalue weighted by atomic mass is 19.1. The molecule has 0 aliphatic carbocycles. The standard InChI is InChI=1S/C14H13FN4O/c15-11-1-3-12(4-2-11)20-10-7-17-13-14-18-6-9-19(14)8-5-16-13/h1-6,8-9H,7,10H2,(H,16,17). The minimum Gasteiger partial charge on any atom is -0.492 e. The van der Waals surface area contributed by atoms with Crippen LogP contribution in [-0.2, 0) is 0 Å². The lowest BCUT2D eigenvalue weighted by Gasteiger charge is -2.08. The highest BCUT2D eigenvalue weighted by Crippen LogP contribution is 2.12. The monoisotopic (exact) mass is 272 g/mol. The van der Waals surface area contributed by atoms with Gasteiger partial charge in [0.2, 0.25) is 0 Å². The predicted molar refractivity (Wildman–Crippen MR) is 73.4 cm³/mol. The highest BCUT2D eigenvalue weighted by molar-refractivity contribution is 5.62. The van der Waals surface area contributed by atoms with Crippen LogP contribution >= 0.6 is 0 Å². The number of aromatic nitrogens is 3. The van der Waals surface area contributed by atoms with E-state index in [4.69, 9.17) is 4.74 Å². The van der Waals surface area contributed by atoms with Crippen LogP contribution in [0.5, 0.6) is 5.75 Å². The van der Waals surface area contributed by atoms with Gasteiger partial charge in [-0.25, -0.2) is 14.4 Å². The molecule has 0 unspecified atom stereocenters. The molecule has 1 N–H and O–H groups in total. The van der Waals surface area contributed by atoms with Gasteiger partial charge in [0, 0.05) is 24.8 Å². The van der Waals surface area contributed by atoms with Gasteiger partial charge in [-0.15, -0.1) is 0 Å². The Hall–Kier alpha value is -2.63. The molecule has 0 saturated carbocycles. The predicted octanol–water partition coefficient (Wildman–Crippen LogP) is 2.36. The van der Waals surface area contributed by atoms with Crippen molar-refractivity contribution >= 4 is 11.5 Å². The minimum atomic E-state index is -0.273. The summed E-state index contributed by atoms with van der Waals surface area (Å²) >= 11 is 0. The van der Waals surface area contributed by atoms with Crippen molar-refractivity contribution < 1.29 is 9.13 Å². The third kappa shape index (κ3) is 2.69. The van der Waals surface area contributed by atoms with Crippen LogP contribution in [0, 0.1) is 5.82 Å². The molecule has 0 aliphatic rings. The van der Waals surface area contributed by atoms with Crippen LogP contribution in [0.15, 0.2) is 49.1 Å². The Labute approximate surface area is 115 Å². The fraction of sp³-hybridized carbons (Fsp3) is 0.143. The summed E-state index contributed by atoms with van der Waals surface area (Å²) in [5.41, 5.74) is 0.772. The first-order chi connectivity index (χ1) is 9.83. The van der Waals surface area contributed by atoms with Crippen molar-refractivity contribution in [1.29, 1.82) is 0 Å². The quantitative estimate of drug-likeness (QED) is 0.724. The molecule has 1 aromatic carbocycles. The maximum Gasteiger partial charge on any atom is 0.180 e. The average molecular weight is 272 g/mol. The molecule has 0 amide bonds. The zero-order chi connectivity index (χ0) is 13.8. The molecule has 3 rings (SSSR count). The zero-order valence-electron chi connectivity index (χ0n) is 10.7. The van der Waals surface area contributed by atoms with E-state index < -0.39 is 0 Å². The normalized spacial score (nSPS) is 10.7. The van der Waals surface area contributed by atoms with E-state index >= 15 is 0 Å². The maximum absolute atomic E-state index is 12.7. The van der Waals surface area contributed by atoms with E-state index in [1.54, 1.807) is 24.5 Å². The second kappa shape index (κ2) is 5.56. The number of nitrogens with zero attached hydrogens (tertiary/aromatic N) is 3. The second-order valence-electron chi connectivity index (χ2n) is 4.16. The molecule has 5 nitrogen and oxygen atoms in total. The number of hydrogen-bond acceptors (Lipinski definition) is 4. The van der Waals surface area contributed by atoms with Crippen molar-refractivity contribution in [2.24, 2.45) is 0 Å². The number of anilines is 1. The summed E-state index contributed by atoms with van der Waals surface area (Å²) in [5, 5.41) is 3.16. The van der Waals surface area contributed by atoms with Crippen LogP contribution in [0.2, 0.25) is 0 Å². The van der Waals surface area contributed by atoms with Gasteiger partial charge in [-0.1, -0.05) is 0 Å². The molecule has 102 valence electrons. The van der Waals surface area contributed by atoms with E-state index in [9.17, 15) is 4.39 Å². The topological polar surface area (TPSA) is 51.5 Å². The molecule has 2 aromatic heterocycles. The smallest absolute Gasteiger partial charge is 0.180 e. The highest BCUT2D eigenvalue weighted by Gasteiger charge is 2.02. The fourth-order valence-corrected chi connectivity index (χ4v) is 1.85. The molecule has 0 spiro atoms. The second-order valence-corrected chi connectivity index (χ2v) is 4.16. The van der Waals surface area contributed by atoms with Crippen molar-refractivity contribution in [2.45, 2.75) is 0 Å². The van der Waals surface area contributed by atoms with E-state index in [2.05, 4.69) is 15.3 Å². The summed E-state index contributed by atoms with van der Waals surface area (Å²) in [6.45, 7) is 1.03. The van der Waals surface area contributed by atoms with Gasteiger partial charge < -0.3 is 14.5 Å². The van der Waals surface area contributed by atoms with Crippen LogP contribution in [0.4, 0.5) is 10.2 Å². The molecule has 0 saturated heterocycles. The molecule has 0 radical (unpaired) electrons. The lowest BCUT2D eigenvalue weighted by molar-refractivity contribution is 0.332. The number of ether oxygens (including phenoxy) is 1. The SMILES string of the molecule is Fc1ccc(OCCNc2nccn3ccnc23)cc1. The minimum absolute atomic E-state index is 0.273. The van der Waals surface area contributed by atoms with Crippen molar-refractivity contribution in [2.75, 3.05) is 18.5 Å². The number of nitrogens with one attached hydrogen (secondary N) is 1. The van der Waals surface area contributed by atoms with E-state index in [1.807, 2.05) is 16.8 Å². The summed E-state index contributed by atoms with van der Waals surface area (Å²) in [6, 6.07) is 5.94. The number of hydrogen-bond donors (Lipinski definition) is 1. The number of fused-ring (bicyclic) bond motifs is 1. The van der Waals surface area contributed by atoms with Crippen LogP contribution in [0.25, 0.3) is 5.65 Å². The fourth-order valence-electron chi connectivity index (χ4n) is 1.85. The summed E-state index contributed by atoms with van der Waals surface area (Å²) in [4.78, 5) is 8.46. The van der Waals surface area contributed by atoms with Crippen LogP contribution in [0.1, 0.15) is 0 Å². The summed E-state index contributed by atoms with van der Waals surface area (Å²) in [7, 11) is 0. The zero-order valence-corrected chi connectivity index (χ0v) is 10.7. The van der Waals surface area contributed by atoms with Crippen molar-refractivity contribution in [3.63, 3.8) is 0 Å². The van der Waals surface area contributed by atoms with E-state index in [0.29, 0.717) is 24.7 Å². The van der Waals surface area contributed by atoms with Gasteiger partial charge in [0.05, 0.1) is 6.54 Å². The lowest BCUT2D eigenvalue weighted by atomic mass is 10.3. The van der Waals surface area contributed by atoms with Gasteiger partial charge in [-0.05, 0) is 24.3 Å². The van der Waals surface area contributed by atoms with E-state index in [-0.39, 0.29) is 5.82 Å². The Morgan fingerprint density at radius 3 is 2.65 bits per heavy atom. The van der Waals surface area contributed by atoms with Gasteiger partial charge in [0.1, 0.15) is 18.2 Å². The number of imidazole rings is 1. The molecule has 20 heavy (non-hydrogen) atoms. The van der Waals surface area contributed by atoms with Crippen LogP contribution in [-0.4, -0.2) is 27.5 Å². The van der Waals surface area contributed by atoms with E-state index in [1.165, 1.54) is 12.1 Å². The molecular weight excluding hydrogens is 259 g/mol. The van der Waals surface area contributed by atoms with Gasteiger partial charge in [0.25, 0.3) is 0 Å². The molecule has 0 aliphatic heterocycles. The molecule has 0 bridgehead atoms. The largest absolute Gasteiger partial charge is 0.492 e. The first kappa shape index (κ1) is 12.4. The van der Waals surface area contributed by atoms with E-state index in [0.717, 1.165) is 5.65 Å². The Morgan fingerprint density at radius 1 is 1.10 bits per heavy atom. The van der Waals surface area contributed by atoms with Gasteiger partial charge in [-0.2, -0.15) is 0 Å². The lowest BCUT2D eigenvalue weighted by Crippen LogP contribution is -2.13. The van der Waals surface area contributed by atoms with Crippen molar-refractivity contribution in [3.05, 3.63) is 54.9 Å². The first-order valence-electron chi connectivity index (χ1n) is 6.23. The summed E-state index contributed by atoms with van der Waals surface area (Å²) in [5.74, 6) is 1.08. The Kier molecular flexibility index (Phi) is 3.45. The van der Waals surface area contributed by atoms with Crippen LogP contribution < -0.4 is 10.1 Å². The molecule has 2 heterocycles. The Balaban J connectivity index is 1.55. The number of benzene rings is 1. The Morgan fingerprint density at radius 2 is 1.85 bits per heavy atom. The summed E-state index contributed by atoms with van der Waals surface area (Å²) in [6.07, 6.45) is 7.12. The Bertz CT molecular complexity index is 696. The van der Waals surface area contributed by atoms with Crippen molar-refractivity contribution in [1.82, 2.24) is 14.4 Å².